The molecule has 0 heterocycles. The predicted molar refractivity (Wildman–Crippen MR) is 52.1 cm³/mol. The van der Waals surface area contributed by atoms with Gasteiger partial charge in [-0.15, -0.1) is 0 Å². The molecule has 0 amide bonds. The van der Waals surface area contributed by atoms with Gasteiger partial charge in [-0.25, -0.2) is 0 Å². The Kier molecular flexibility index (Phi) is 4.10. The van der Waals surface area contributed by atoms with Crippen molar-refractivity contribution < 1.29 is 9.63 Å². The van der Waals surface area contributed by atoms with E-state index in [2.05, 4.69) is 0 Å². The zero-order chi connectivity index (χ0) is 8.97. The standard InChI is InChI=1S/C7H7Cl2O2P/c8-6-1-2-7(10)5(3-6)4-11-12-9/h1-3,10,12H,4H2. The first-order chi connectivity index (χ1) is 5.74. The van der Waals surface area contributed by atoms with Crippen molar-refractivity contribution >= 4 is 31.0 Å². The van der Waals surface area contributed by atoms with Gasteiger partial charge >= 0.3 is 0 Å². The molecule has 12 heavy (non-hydrogen) atoms. The lowest BCUT2D eigenvalue weighted by molar-refractivity contribution is 0.346. The number of aromatic hydroxyl groups is 1. The Hall–Kier alpha value is -0.0100. The van der Waals surface area contributed by atoms with Crippen molar-refractivity contribution in [2.75, 3.05) is 0 Å². The van der Waals surface area contributed by atoms with Gasteiger partial charge in [0.25, 0.3) is 0 Å². The van der Waals surface area contributed by atoms with E-state index in [1.165, 1.54) is 6.07 Å². The molecule has 2 nitrogen and oxygen atoms in total. The fourth-order valence-corrected chi connectivity index (χ4v) is 1.34. The molecule has 0 fully saturated rings. The van der Waals surface area contributed by atoms with Gasteiger partial charge < -0.3 is 9.63 Å². The topological polar surface area (TPSA) is 29.5 Å². The van der Waals surface area contributed by atoms with E-state index in [0.717, 1.165) is 0 Å². The first kappa shape index (κ1) is 10.1. The second-order valence-corrected chi connectivity index (χ2v) is 3.48. The number of phenols is 1. The van der Waals surface area contributed by atoms with E-state index in [-0.39, 0.29) is 20.5 Å². The normalized spacial score (nSPS) is 11.2. The molecule has 0 bridgehead atoms. The van der Waals surface area contributed by atoms with Crippen LogP contribution in [0.2, 0.25) is 5.02 Å². The third-order valence-corrected chi connectivity index (χ3v) is 2.14. The molecule has 1 unspecified atom stereocenters. The predicted octanol–water partition coefficient (Wildman–Crippen LogP) is 3.31. The third kappa shape index (κ3) is 2.80. The van der Waals surface area contributed by atoms with Gasteiger partial charge in [0.1, 0.15) is 13.9 Å². The summed E-state index contributed by atoms with van der Waals surface area (Å²) in [7, 11) is -0.106. The lowest BCUT2D eigenvalue weighted by Gasteiger charge is -2.03. The molecule has 1 rings (SSSR count). The molecule has 0 aliphatic heterocycles. The Morgan fingerprint density at radius 1 is 1.50 bits per heavy atom. The van der Waals surface area contributed by atoms with Crippen LogP contribution in [0.25, 0.3) is 0 Å². The molecule has 0 radical (unpaired) electrons. The molecule has 0 aromatic heterocycles. The van der Waals surface area contributed by atoms with Crippen molar-refractivity contribution in [3.63, 3.8) is 0 Å². The molecule has 1 atom stereocenters. The SMILES string of the molecule is Oc1ccc(Cl)cc1COPCl. The van der Waals surface area contributed by atoms with Gasteiger partial charge in [-0.2, -0.15) is 0 Å². The van der Waals surface area contributed by atoms with Crippen LogP contribution in [-0.4, -0.2) is 5.11 Å². The molecule has 5 heteroatoms. The molecule has 0 aliphatic carbocycles. The Labute approximate surface area is 82.1 Å². The molecule has 0 saturated heterocycles. The first-order valence-corrected chi connectivity index (χ1v) is 5.48. The lowest BCUT2D eigenvalue weighted by Crippen LogP contribution is -1.84. The van der Waals surface area contributed by atoms with Crippen LogP contribution in [0.5, 0.6) is 5.75 Å². The van der Waals surface area contributed by atoms with Crippen LogP contribution in [0.4, 0.5) is 0 Å². The van der Waals surface area contributed by atoms with E-state index in [0.29, 0.717) is 10.6 Å². The average Bonchev–Trinajstić information content (AvgIpc) is 2.07. The van der Waals surface area contributed by atoms with E-state index in [4.69, 9.17) is 27.4 Å². The summed E-state index contributed by atoms with van der Waals surface area (Å²) in [4.78, 5) is 0. The Morgan fingerprint density at radius 2 is 2.25 bits per heavy atom. The summed E-state index contributed by atoms with van der Waals surface area (Å²) in [5.41, 5.74) is 0.649. The van der Waals surface area contributed by atoms with E-state index in [1.807, 2.05) is 0 Å². The van der Waals surface area contributed by atoms with Gasteiger partial charge in [-0.1, -0.05) is 22.8 Å². The van der Waals surface area contributed by atoms with Crippen molar-refractivity contribution in [1.29, 1.82) is 0 Å². The monoisotopic (exact) mass is 224 g/mol. The largest absolute Gasteiger partial charge is 0.508 e. The molecule has 0 spiro atoms. The van der Waals surface area contributed by atoms with E-state index >= 15 is 0 Å². The number of hydrogen-bond acceptors (Lipinski definition) is 2. The highest BCUT2D eigenvalue weighted by Crippen LogP contribution is 2.26. The van der Waals surface area contributed by atoms with Crippen molar-refractivity contribution in [3.05, 3.63) is 28.8 Å². The van der Waals surface area contributed by atoms with Crippen LogP contribution in [0.1, 0.15) is 5.56 Å². The second kappa shape index (κ2) is 4.88. The summed E-state index contributed by atoms with van der Waals surface area (Å²) in [6.07, 6.45) is 0. The minimum atomic E-state index is -0.106. The minimum absolute atomic E-state index is 0.106. The maximum Gasteiger partial charge on any atom is 0.121 e. The molecule has 1 aromatic carbocycles. The van der Waals surface area contributed by atoms with Gasteiger partial charge in [-0.3, -0.25) is 0 Å². The van der Waals surface area contributed by atoms with Crippen molar-refractivity contribution in [3.8, 4) is 5.75 Å². The highest BCUT2D eigenvalue weighted by atomic mass is 35.7. The van der Waals surface area contributed by atoms with Gasteiger partial charge in [0.15, 0.2) is 0 Å². The van der Waals surface area contributed by atoms with E-state index in [1.54, 1.807) is 12.1 Å². The lowest BCUT2D eigenvalue weighted by atomic mass is 10.2. The Morgan fingerprint density at radius 3 is 2.92 bits per heavy atom. The fraction of sp³-hybridized carbons (Fsp3) is 0.143. The quantitative estimate of drug-likeness (QED) is 0.799. The summed E-state index contributed by atoms with van der Waals surface area (Å²) < 4.78 is 4.93. The summed E-state index contributed by atoms with van der Waals surface area (Å²) >= 11 is 11.0. The highest BCUT2D eigenvalue weighted by molar-refractivity contribution is 7.64. The number of benzene rings is 1. The maximum atomic E-state index is 9.28. The van der Waals surface area contributed by atoms with Crippen LogP contribution in [-0.2, 0) is 11.1 Å². The van der Waals surface area contributed by atoms with Crippen LogP contribution in [0, 0.1) is 0 Å². The summed E-state index contributed by atoms with van der Waals surface area (Å²) in [5, 5.41) is 9.86. The summed E-state index contributed by atoms with van der Waals surface area (Å²) in [6, 6.07) is 4.79. The van der Waals surface area contributed by atoms with Gasteiger partial charge in [-0.05, 0) is 18.2 Å². The molecule has 1 aromatic rings. The molecular formula is C7H7Cl2O2P. The number of halogens is 2. The molecular weight excluding hydrogens is 218 g/mol. The smallest absolute Gasteiger partial charge is 0.121 e. The number of rotatable bonds is 3. The zero-order valence-corrected chi connectivity index (χ0v) is 8.56. The van der Waals surface area contributed by atoms with Crippen molar-refractivity contribution in [2.45, 2.75) is 6.61 Å². The number of phenolic OH excluding ortho intramolecular Hbond substituents is 1. The van der Waals surface area contributed by atoms with Crippen LogP contribution >= 0.6 is 31.0 Å². The minimum Gasteiger partial charge on any atom is -0.508 e. The zero-order valence-electron chi connectivity index (χ0n) is 6.05. The number of hydrogen-bond donors (Lipinski definition) is 1. The third-order valence-electron chi connectivity index (χ3n) is 1.32. The molecule has 0 saturated carbocycles. The summed E-state index contributed by atoms with van der Waals surface area (Å²) in [5.74, 6) is 0.175. The summed E-state index contributed by atoms with van der Waals surface area (Å²) in [6.45, 7) is 0.286. The highest BCUT2D eigenvalue weighted by Gasteiger charge is 2.01. The van der Waals surface area contributed by atoms with E-state index < -0.39 is 0 Å². The molecule has 0 aliphatic rings. The van der Waals surface area contributed by atoms with Crippen molar-refractivity contribution in [2.24, 2.45) is 0 Å². The van der Waals surface area contributed by atoms with Gasteiger partial charge in [0, 0.05) is 10.6 Å². The van der Waals surface area contributed by atoms with Crippen LogP contribution in [0.15, 0.2) is 18.2 Å². The first-order valence-electron chi connectivity index (χ1n) is 3.19. The Bertz CT molecular complexity index is 268. The average molecular weight is 225 g/mol. The van der Waals surface area contributed by atoms with Crippen LogP contribution in [0.3, 0.4) is 0 Å². The van der Waals surface area contributed by atoms with Crippen molar-refractivity contribution in [1.82, 2.24) is 0 Å². The maximum absolute atomic E-state index is 9.28. The second-order valence-electron chi connectivity index (χ2n) is 2.14. The van der Waals surface area contributed by atoms with Gasteiger partial charge in [0.2, 0.25) is 0 Å². The van der Waals surface area contributed by atoms with Crippen LogP contribution < -0.4 is 0 Å². The molecule has 1 N–H and O–H groups in total. The van der Waals surface area contributed by atoms with E-state index in [9.17, 15) is 5.11 Å². The Balaban J connectivity index is 2.75. The van der Waals surface area contributed by atoms with Gasteiger partial charge in [0.05, 0.1) is 6.61 Å². The fourth-order valence-electron chi connectivity index (χ4n) is 0.775. The molecule has 66 valence electrons.